The Labute approximate surface area is 103 Å². The Bertz CT molecular complexity index is 661. The molecule has 3 aromatic rings. The Balaban J connectivity index is 1.86. The van der Waals surface area contributed by atoms with Gasteiger partial charge in [-0.05, 0) is 5.56 Å². The molecule has 0 amide bonds. The second-order valence-electron chi connectivity index (χ2n) is 3.85. The van der Waals surface area contributed by atoms with Gasteiger partial charge < -0.3 is 11.1 Å². The van der Waals surface area contributed by atoms with E-state index in [9.17, 15) is 0 Å². The predicted octanol–water partition coefficient (Wildman–Crippen LogP) is 1.32. The first kappa shape index (κ1) is 10.5. The van der Waals surface area contributed by atoms with Crippen molar-refractivity contribution in [3.8, 4) is 0 Å². The zero-order chi connectivity index (χ0) is 12.4. The third-order valence-electron chi connectivity index (χ3n) is 2.57. The summed E-state index contributed by atoms with van der Waals surface area (Å²) < 4.78 is 1.61. The van der Waals surface area contributed by atoms with Gasteiger partial charge in [-0.25, -0.2) is 9.50 Å². The maximum Gasteiger partial charge on any atom is 0.240 e. The topological polar surface area (TPSA) is 81.1 Å². The summed E-state index contributed by atoms with van der Waals surface area (Å²) in [6, 6.07) is 10.1. The molecule has 0 spiro atoms. The van der Waals surface area contributed by atoms with E-state index >= 15 is 0 Å². The number of aromatic nitrogens is 4. The summed E-state index contributed by atoms with van der Waals surface area (Å²) in [5.74, 6) is 0.913. The lowest BCUT2D eigenvalue weighted by Gasteiger charge is -2.05. The van der Waals surface area contributed by atoms with Crippen molar-refractivity contribution in [2.24, 2.45) is 0 Å². The normalized spacial score (nSPS) is 10.7. The minimum absolute atomic E-state index is 0.241. The quantitative estimate of drug-likeness (QED) is 0.721. The van der Waals surface area contributed by atoms with Gasteiger partial charge in [0, 0.05) is 18.9 Å². The summed E-state index contributed by atoms with van der Waals surface area (Å²) in [6.07, 6.45) is 3.38. The van der Waals surface area contributed by atoms with E-state index in [0.29, 0.717) is 18.0 Å². The number of rotatable bonds is 3. The van der Waals surface area contributed by atoms with Crippen LogP contribution in [0.3, 0.4) is 0 Å². The largest absolute Gasteiger partial charge is 0.366 e. The highest BCUT2D eigenvalue weighted by Gasteiger charge is 2.06. The van der Waals surface area contributed by atoms with E-state index in [-0.39, 0.29) is 5.95 Å². The molecule has 0 aliphatic carbocycles. The molecule has 6 heteroatoms. The second kappa shape index (κ2) is 4.33. The van der Waals surface area contributed by atoms with Gasteiger partial charge in [-0.1, -0.05) is 30.3 Å². The van der Waals surface area contributed by atoms with Gasteiger partial charge in [0.25, 0.3) is 0 Å². The monoisotopic (exact) mass is 240 g/mol. The highest BCUT2D eigenvalue weighted by Crippen LogP contribution is 2.13. The fourth-order valence-electron chi connectivity index (χ4n) is 1.74. The van der Waals surface area contributed by atoms with E-state index in [4.69, 9.17) is 5.73 Å². The molecule has 0 atom stereocenters. The van der Waals surface area contributed by atoms with Crippen LogP contribution < -0.4 is 11.1 Å². The molecule has 1 aromatic carbocycles. The van der Waals surface area contributed by atoms with Crippen LogP contribution in [0.2, 0.25) is 0 Å². The molecule has 18 heavy (non-hydrogen) atoms. The molecule has 90 valence electrons. The van der Waals surface area contributed by atoms with Crippen molar-refractivity contribution in [1.82, 2.24) is 19.6 Å². The first-order valence-corrected chi connectivity index (χ1v) is 5.57. The van der Waals surface area contributed by atoms with Gasteiger partial charge in [-0.3, -0.25) is 0 Å². The number of anilines is 2. The average molecular weight is 240 g/mol. The summed E-state index contributed by atoms with van der Waals surface area (Å²) >= 11 is 0. The van der Waals surface area contributed by atoms with Crippen LogP contribution in [0, 0.1) is 0 Å². The Morgan fingerprint density at radius 2 is 2.06 bits per heavy atom. The average Bonchev–Trinajstić information content (AvgIpc) is 2.78. The molecule has 3 rings (SSSR count). The Morgan fingerprint density at radius 3 is 2.89 bits per heavy atom. The summed E-state index contributed by atoms with van der Waals surface area (Å²) in [4.78, 5) is 8.38. The molecule has 0 radical (unpaired) electrons. The van der Waals surface area contributed by atoms with Crippen LogP contribution in [0.15, 0.2) is 42.7 Å². The number of nitrogen functional groups attached to an aromatic ring is 1. The molecule has 2 aromatic heterocycles. The molecule has 0 saturated carbocycles. The number of hydrogen-bond acceptors (Lipinski definition) is 5. The maximum absolute atomic E-state index is 5.57. The molecule has 2 heterocycles. The lowest BCUT2D eigenvalue weighted by atomic mass is 10.2. The Morgan fingerprint density at radius 1 is 1.22 bits per heavy atom. The zero-order valence-corrected chi connectivity index (χ0v) is 9.61. The van der Waals surface area contributed by atoms with E-state index in [2.05, 4.69) is 20.4 Å². The molecule has 0 fully saturated rings. The fraction of sp³-hybridized carbons (Fsp3) is 0.0833. The number of hydrogen-bond donors (Lipinski definition) is 2. The number of benzene rings is 1. The van der Waals surface area contributed by atoms with Gasteiger partial charge in [-0.15, -0.1) is 5.10 Å². The van der Waals surface area contributed by atoms with Gasteiger partial charge in [0.05, 0.1) is 0 Å². The van der Waals surface area contributed by atoms with Gasteiger partial charge >= 0.3 is 0 Å². The van der Waals surface area contributed by atoms with Crippen molar-refractivity contribution < 1.29 is 0 Å². The third kappa shape index (κ3) is 1.95. The van der Waals surface area contributed by atoms with Gasteiger partial charge in [0.2, 0.25) is 5.95 Å². The molecule has 3 N–H and O–H groups in total. The first-order valence-electron chi connectivity index (χ1n) is 5.57. The summed E-state index contributed by atoms with van der Waals surface area (Å²) in [7, 11) is 0. The Hall–Kier alpha value is -2.63. The van der Waals surface area contributed by atoms with Crippen molar-refractivity contribution in [3.63, 3.8) is 0 Å². The van der Waals surface area contributed by atoms with Crippen molar-refractivity contribution in [2.45, 2.75) is 6.54 Å². The lowest BCUT2D eigenvalue weighted by Crippen LogP contribution is -2.03. The first-order chi connectivity index (χ1) is 8.83. The van der Waals surface area contributed by atoms with Crippen LogP contribution in [-0.4, -0.2) is 19.6 Å². The SMILES string of the molecule is Nc1nc2c(NCc3ccccc3)nccn2n1. The smallest absolute Gasteiger partial charge is 0.240 e. The third-order valence-corrected chi connectivity index (χ3v) is 2.57. The molecule has 0 saturated heterocycles. The molecule has 0 bridgehead atoms. The van der Waals surface area contributed by atoms with Crippen LogP contribution in [0.4, 0.5) is 11.8 Å². The van der Waals surface area contributed by atoms with Gasteiger partial charge in [0.1, 0.15) is 0 Å². The lowest BCUT2D eigenvalue weighted by molar-refractivity contribution is 0.947. The van der Waals surface area contributed by atoms with Crippen LogP contribution in [0.1, 0.15) is 5.56 Å². The second-order valence-corrected chi connectivity index (χ2v) is 3.85. The van der Waals surface area contributed by atoms with Crippen LogP contribution in [0.25, 0.3) is 5.65 Å². The standard InChI is InChI=1S/C12H12N6/c13-12-16-11-10(14-6-7-18(11)17-12)15-8-9-4-2-1-3-5-9/h1-7H,8H2,(H2,13,17)(H,14,15). The predicted molar refractivity (Wildman–Crippen MR) is 69.0 cm³/mol. The maximum atomic E-state index is 5.57. The highest BCUT2D eigenvalue weighted by atomic mass is 15.3. The van der Waals surface area contributed by atoms with Crippen LogP contribution in [-0.2, 0) is 6.54 Å². The minimum Gasteiger partial charge on any atom is -0.366 e. The van der Waals surface area contributed by atoms with Crippen molar-refractivity contribution in [1.29, 1.82) is 0 Å². The van der Waals surface area contributed by atoms with E-state index in [1.54, 1.807) is 16.9 Å². The van der Waals surface area contributed by atoms with Crippen LogP contribution in [0.5, 0.6) is 0 Å². The molecule has 0 aliphatic heterocycles. The molecular weight excluding hydrogens is 228 g/mol. The van der Waals surface area contributed by atoms with Crippen molar-refractivity contribution in [3.05, 3.63) is 48.3 Å². The molecular formula is C12H12N6. The Kier molecular flexibility index (Phi) is 2.53. The van der Waals surface area contributed by atoms with Gasteiger partial charge in [0.15, 0.2) is 11.5 Å². The fourth-order valence-corrected chi connectivity index (χ4v) is 1.74. The van der Waals surface area contributed by atoms with Crippen molar-refractivity contribution in [2.75, 3.05) is 11.1 Å². The number of nitrogens with two attached hydrogens (primary N) is 1. The summed E-state index contributed by atoms with van der Waals surface area (Å²) in [6.45, 7) is 0.681. The molecule has 0 aliphatic rings. The molecule has 0 unspecified atom stereocenters. The van der Waals surface area contributed by atoms with E-state index in [1.807, 2.05) is 30.3 Å². The number of fused-ring (bicyclic) bond motifs is 1. The van der Waals surface area contributed by atoms with Crippen molar-refractivity contribution >= 4 is 17.4 Å². The highest BCUT2D eigenvalue weighted by molar-refractivity contribution is 5.63. The van der Waals surface area contributed by atoms with E-state index in [0.717, 1.165) is 0 Å². The molecule has 6 nitrogen and oxygen atoms in total. The van der Waals surface area contributed by atoms with E-state index < -0.39 is 0 Å². The number of nitrogens with one attached hydrogen (secondary N) is 1. The summed E-state index contributed by atoms with van der Waals surface area (Å²) in [5, 5.41) is 7.26. The zero-order valence-electron chi connectivity index (χ0n) is 9.61. The number of nitrogens with zero attached hydrogens (tertiary/aromatic N) is 4. The van der Waals surface area contributed by atoms with Gasteiger partial charge in [-0.2, -0.15) is 4.98 Å². The van der Waals surface area contributed by atoms with E-state index in [1.165, 1.54) is 5.56 Å². The minimum atomic E-state index is 0.241. The summed E-state index contributed by atoms with van der Waals surface area (Å²) in [5.41, 5.74) is 7.37. The van der Waals surface area contributed by atoms with Crippen LogP contribution >= 0.6 is 0 Å².